The Labute approximate surface area is 199 Å². The third-order valence-corrected chi connectivity index (χ3v) is 6.73. The predicted molar refractivity (Wildman–Crippen MR) is 124 cm³/mol. The molecule has 3 aromatic rings. The van der Waals surface area contributed by atoms with Crippen LogP contribution < -0.4 is 9.73 Å². The van der Waals surface area contributed by atoms with Gasteiger partial charge in [-0.2, -0.15) is 18.3 Å². The molecule has 0 aliphatic rings. The van der Waals surface area contributed by atoms with Crippen LogP contribution in [0.3, 0.4) is 0 Å². The molecule has 6 nitrogen and oxygen atoms in total. The number of alkyl halides is 3. The number of anilines is 1. The number of hydrogen-bond acceptors (Lipinski definition) is 4. The number of aryl methyl sites for hydroxylation is 1. The van der Waals surface area contributed by atoms with Crippen LogP contribution in [-0.2, 0) is 21.0 Å². The molecule has 11 heteroatoms. The summed E-state index contributed by atoms with van der Waals surface area (Å²) in [6.45, 7) is 0.972. The molecule has 0 bridgehead atoms. The maximum atomic E-state index is 13.3. The number of carbonyl (C=O) groups excluding carboxylic acids is 1. The van der Waals surface area contributed by atoms with Gasteiger partial charge in [-0.1, -0.05) is 54.1 Å². The molecule has 0 saturated carbocycles. The molecule has 0 spiro atoms. The SMILES string of the molecule is Cc1ccc(Cl)cc1N(CC(=O)N/N=C\c1ccccc1C(F)(F)F)S(=O)(=O)c1ccccc1. The van der Waals surface area contributed by atoms with Gasteiger partial charge < -0.3 is 0 Å². The summed E-state index contributed by atoms with van der Waals surface area (Å²) in [4.78, 5) is 12.5. The molecule has 0 atom stereocenters. The van der Waals surface area contributed by atoms with E-state index < -0.39 is 34.2 Å². The highest BCUT2D eigenvalue weighted by Gasteiger charge is 2.32. The van der Waals surface area contributed by atoms with E-state index in [2.05, 4.69) is 10.5 Å². The van der Waals surface area contributed by atoms with Crippen molar-refractivity contribution in [2.45, 2.75) is 18.0 Å². The fourth-order valence-electron chi connectivity index (χ4n) is 3.08. The summed E-state index contributed by atoms with van der Waals surface area (Å²) < 4.78 is 66.9. The van der Waals surface area contributed by atoms with Gasteiger partial charge in [-0.15, -0.1) is 0 Å². The molecule has 0 unspecified atom stereocenters. The van der Waals surface area contributed by atoms with E-state index in [1.807, 2.05) is 0 Å². The summed E-state index contributed by atoms with van der Waals surface area (Å²) >= 11 is 6.06. The lowest BCUT2D eigenvalue weighted by Gasteiger charge is -2.25. The molecule has 1 amide bonds. The highest BCUT2D eigenvalue weighted by atomic mass is 35.5. The Morgan fingerprint density at radius 1 is 1.06 bits per heavy atom. The van der Waals surface area contributed by atoms with Crippen molar-refractivity contribution in [2.24, 2.45) is 5.10 Å². The van der Waals surface area contributed by atoms with Crippen molar-refractivity contribution in [1.82, 2.24) is 5.43 Å². The molecular weight excluding hydrogens is 491 g/mol. The number of hydrogen-bond donors (Lipinski definition) is 1. The van der Waals surface area contributed by atoms with Crippen molar-refractivity contribution in [3.05, 3.63) is 94.5 Å². The first kappa shape index (κ1) is 25.3. The van der Waals surface area contributed by atoms with Gasteiger partial charge in [0.1, 0.15) is 6.54 Å². The molecule has 0 radical (unpaired) electrons. The Bertz CT molecular complexity index is 1310. The molecule has 34 heavy (non-hydrogen) atoms. The smallest absolute Gasteiger partial charge is 0.271 e. The summed E-state index contributed by atoms with van der Waals surface area (Å²) in [5.41, 5.74) is 1.64. The molecular formula is C23H19ClF3N3O3S. The van der Waals surface area contributed by atoms with Crippen LogP contribution >= 0.6 is 11.6 Å². The van der Waals surface area contributed by atoms with Gasteiger partial charge in [-0.05, 0) is 42.8 Å². The summed E-state index contributed by atoms with van der Waals surface area (Å²) in [5.74, 6) is -0.861. The fraction of sp³-hybridized carbons (Fsp3) is 0.130. The number of nitrogens with zero attached hydrogens (tertiary/aromatic N) is 2. The Kier molecular flexibility index (Phi) is 7.63. The zero-order chi connectivity index (χ0) is 24.9. The lowest BCUT2D eigenvalue weighted by molar-refractivity contribution is -0.137. The largest absolute Gasteiger partial charge is 0.417 e. The number of benzene rings is 3. The van der Waals surface area contributed by atoms with Gasteiger partial charge in [-0.3, -0.25) is 9.10 Å². The Balaban J connectivity index is 1.89. The van der Waals surface area contributed by atoms with Gasteiger partial charge in [0.25, 0.3) is 15.9 Å². The quantitative estimate of drug-likeness (QED) is 0.359. The maximum absolute atomic E-state index is 13.3. The van der Waals surface area contributed by atoms with Gasteiger partial charge in [0.15, 0.2) is 0 Å². The third kappa shape index (κ3) is 5.95. The molecule has 3 rings (SSSR count). The molecule has 178 valence electrons. The molecule has 0 heterocycles. The minimum atomic E-state index is -4.60. The minimum Gasteiger partial charge on any atom is -0.271 e. The predicted octanol–water partition coefficient (Wildman–Crippen LogP) is 5.01. The van der Waals surface area contributed by atoms with Gasteiger partial charge in [-0.25, -0.2) is 13.8 Å². The zero-order valence-corrected chi connectivity index (χ0v) is 19.3. The van der Waals surface area contributed by atoms with E-state index >= 15 is 0 Å². The number of carbonyl (C=O) groups is 1. The van der Waals surface area contributed by atoms with Crippen molar-refractivity contribution in [1.29, 1.82) is 0 Å². The first-order chi connectivity index (χ1) is 16.0. The molecule has 0 aliphatic heterocycles. The van der Waals surface area contributed by atoms with Gasteiger partial charge in [0, 0.05) is 10.6 Å². The average molecular weight is 510 g/mol. The van der Waals surface area contributed by atoms with Crippen molar-refractivity contribution in [3.63, 3.8) is 0 Å². The Hall–Kier alpha value is -3.37. The molecule has 0 aliphatic carbocycles. The van der Waals surface area contributed by atoms with E-state index in [0.29, 0.717) is 5.56 Å². The normalized spacial score (nSPS) is 12.0. The zero-order valence-electron chi connectivity index (χ0n) is 17.8. The van der Waals surface area contributed by atoms with Crippen LogP contribution in [0.2, 0.25) is 5.02 Å². The van der Waals surface area contributed by atoms with E-state index in [-0.39, 0.29) is 21.2 Å². The summed E-state index contributed by atoms with van der Waals surface area (Å²) in [6, 6.07) is 16.8. The van der Waals surface area contributed by atoms with Gasteiger partial charge in [0.05, 0.1) is 22.4 Å². The number of amides is 1. The van der Waals surface area contributed by atoms with Crippen LogP contribution in [0.4, 0.5) is 18.9 Å². The summed E-state index contributed by atoms with van der Waals surface area (Å²) in [5, 5.41) is 3.85. The minimum absolute atomic E-state index is 0.0511. The van der Waals surface area contributed by atoms with Crippen LogP contribution in [0.1, 0.15) is 16.7 Å². The van der Waals surface area contributed by atoms with Crippen LogP contribution in [0.5, 0.6) is 0 Å². The van der Waals surface area contributed by atoms with E-state index in [4.69, 9.17) is 11.6 Å². The standard InChI is InChI=1S/C23H19ClF3N3O3S/c1-16-11-12-18(24)13-21(16)30(34(32,33)19-8-3-2-4-9-19)15-22(31)29-28-14-17-7-5-6-10-20(17)23(25,26)27/h2-14H,15H2,1H3,(H,29,31)/b28-14-. The summed E-state index contributed by atoms with van der Waals surface area (Å²) in [6.07, 6.45) is -3.75. The molecule has 0 aromatic heterocycles. The number of sulfonamides is 1. The van der Waals surface area contributed by atoms with E-state index in [1.54, 1.807) is 37.3 Å². The Morgan fingerprint density at radius 2 is 1.71 bits per heavy atom. The van der Waals surface area contributed by atoms with Crippen LogP contribution in [-0.4, -0.2) is 27.1 Å². The highest BCUT2D eigenvalue weighted by Crippen LogP contribution is 2.31. The van der Waals surface area contributed by atoms with Crippen LogP contribution in [0, 0.1) is 6.92 Å². The van der Waals surface area contributed by atoms with Crippen LogP contribution in [0.15, 0.2) is 82.8 Å². The summed E-state index contributed by atoms with van der Waals surface area (Å²) in [7, 11) is -4.18. The second-order valence-electron chi connectivity index (χ2n) is 7.13. The van der Waals surface area contributed by atoms with Crippen molar-refractivity contribution >= 4 is 39.4 Å². The number of nitrogens with one attached hydrogen (secondary N) is 1. The second-order valence-corrected chi connectivity index (χ2v) is 9.43. The average Bonchev–Trinajstić information content (AvgIpc) is 2.79. The highest BCUT2D eigenvalue weighted by molar-refractivity contribution is 7.92. The van der Waals surface area contributed by atoms with E-state index in [9.17, 15) is 26.4 Å². The first-order valence-electron chi connectivity index (χ1n) is 9.82. The van der Waals surface area contributed by atoms with E-state index in [0.717, 1.165) is 16.6 Å². The van der Waals surface area contributed by atoms with Crippen molar-refractivity contribution < 1.29 is 26.4 Å². The maximum Gasteiger partial charge on any atom is 0.417 e. The van der Waals surface area contributed by atoms with Crippen molar-refractivity contribution in [3.8, 4) is 0 Å². The fourth-order valence-corrected chi connectivity index (χ4v) is 4.74. The number of rotatable bonds is 7. The monoisotopic (exact) mass is 509 g/mol. The molecule has 3 aromatic carbocycles. The number of hydrazone groups is 1. The van der Waals surface area contributed by atoms with Crippen LogP contribution in [0.25, 0.3) is 0 Å². The second kappa shape index (κ2) is 10.3. The third-order valence-electron chi connectivity index (χ3n) is 4.72. The van der Waals surface area contributed by atoms with Gasteiger partial charge >= 0.3 is 6.18 Å². The van der Waals surface area contributed by atoms with Crippen molar-refractivity contribution in [2.75, 3.05) is 10.8 Å². The molecule has 0 fully saturated rings. The molecule has 1 N–H and O–H groups in total. The van der Waals surface area contributed by atoms with E-state index in [1.165, 1.54) is 36.4 Å². The lowest BCUT2D eigenvalue weighted by atomic mass is 10.1. The van der Waals surface area contributed by atoms with Gasteiger partial charge in [0.2, 0.25) is 0 Å². The topological polar surface area (TPSA) is 78.8 Å². The lowest BCUT2D eigenvalue weighted by Crippen LogP contribution is -2.40. The number of halogens is 4. The first-order valence-corrected chi connectivity index (χ1v) is 11.6. The Morgan fingerprint density at radius 3 is 2.38 bits per heavy atom. The molecule has 0 saturated heterocycles.